The van der Waals surface area contributed by atoms with E-state index in [9.17, 15) is 19.7 Å². The summed E-state index contributed by atoms with van der Waals surface area (Å²) >= 11 is 6.00. The van der Waals surface area contributed by atoms with Crippen LogP contribution in [0.4, 0.5) is 11.4 Å². The van der Waals surface area contributed by atoms with Gasteiger partial charge >= 0.3 is 0 Å². The van der Waals surface area contributed by atoms with E-state index in [0.29, 0.717) is 10.7 Å². The van der Waals surface area contributed by atoms with Crippen LogP contribution < -0.4 is 10.9 Å². The summed E-state index contributed by atoms with van der Waals surface area (Å²) in [6.07, 6.45) is 1.03. The number of hydrogen-bond donors (Lipinski definition) is 1. The topological polar surface area (TPSA) is 94.2 Å². The number of pyridine rings is 1. The van der Waals surface area contributed by atoms with E-state index in [0.717, 1.165) is 28.5 Å². The quantitative estimate of drug-likeness (QED) is 0.690. The molecule has 0 bridgehead atoms. The average molecular weight is 322 g/mol. The van der Waals surface area contributed by atoms with Crippen molar-refractivity contribution < 1.29 is 9.72 Å². The monoisotopic (exact) mass is 321 g/mol. The molecule has 7 nitrogen and oxygen atoms in total. The zero-order valence-electron chi connectivity index (χ0n) is 11.6. The van der Waals surface area contributed by atoms with E-state index < -0.39 is 16.4 Å². The van der Waals surface area contributed by atoms with Crippen LogP contribution in [0.5, 0.6) is 0 Å². The van der Waals surface area contributed by atoms with Crippen molar-refractivity contribution in [1.82, 2.24) is 4.57 Å². The number of aromatic nitrogens is 1. The molecule has 0 atom stereocenters. The number of rotatable bonds is 4. The molecule has 0 spiro atoms. The van der Waals surface area contributed by atoms with E-state index in [1.54, 1.807) is 18.2 Å². The van der Waals surface area contributed by atoms with Crippen LogP contribution in [0.1, 0.15) is 5.56 Å². The van der Waals surface area contributed by atoms with Gasteiger partial charge < -0.3 is 5.32 Å². The summed E-state index contributed by atoms with van der Waals surface area (Å²) in [7, 11) is 0. The highest BCUT2D eigenvalue weighted by Gasteiger charge is 2.11. The predicted octanol–water partition coefficient (Wildman–Crippen LogP) is 2.36. The van der Waals surface area contributed by atoms with Crippen molar-refractivity contribution in [3.05, 3.63) is 67.6 Å². The van der Waals surface area contributed by atoms with Crippen LogP contribution in [0.3, 0.4) is 0 Å². The Bertz CT molecular complexity index is 801. The molecule has 1 heterocycles. The van der Waals surface area contributed by atoms with Crippen molar-refractivity contribution in [3.8, 4) is 0 Å². The third-order valence-electron chi connectivity index (χ3n) is 2.89. The second-order valence-corrected chi connectivity index (χ2v) is 5.05. The molecule has 0 aliphatic heterocycles. The number of halogens is 1. The number of benzene rings is 1. The van der Waals surface area contributed by atoms with Gasteiger partial charge in [0.1, 0.15) is 6.54 Å². The van der Waals surface area contributed by atoms with Gasteiger partial charge in [0.25, 0.3) is 11.2 Å². The Kier molecular flexibility index (Phi) is 4.57. The van der Waals surface area contributed by atoms with Crippen LogP contribution in [-0.4, -0.2) is 15.4 Å². The number of nitro groups is 1. The smallest absolute Gasteiger partial charge is 0.285 e. The minimum absolute atomic E-state index is 0.263. The van der Waals surface area contributed by atoms with Crippen LogP contribution in [0.2, 0.25) is 5.02 Å². The van der Waals surface area contributed by atoms with Crippen molar-refractivity contribution in [2.75, 3.05) is 5.32 Å². The SMILES string of the molecule is Cc1ccc(NC(=O)Cn2cc([N+](=O)[O-])ccc2=O)c(Cl)c1. The fourth-order valence-corrected chi connectivity index (χ4v) is 2.10. The molecule has 0 saturated carbocycles. The first-order chi connectivity index (χ1) is 10.4. The number of carbonyl (C=O) groups is 1. The first-order valence-corrected chi connectivity index (χ1v) is 6.65. The normalized spacial score (nSPS) is 10.3. The number of nitrogens with zero attached hydrogens (tertiary/aromatic N) is 2. The van der Waals surface area contributed by atoms with Crippen molar-refractivity contribution in [2.45, 2.75) is 13.5 Å². The van der Waals surface area contributed by atoms with E-state index in [-0.39, 0.29) is 12.2 Å². The Hall–Kier alpha value is -2.67. The molecule has 2 aromatic rings. The first-order valence-electron chi connectivity index (χ1n) is 6.27. The molecule has 1 amide bonds. The van der Waals surface area contributed by atoms with E-state index >= 15 is 0 Å². The Morgan fingerprint density at radius 2 is 2.09 bits per heavy atom. The van der Waals surface area contributed by atoms with Crippen LogP contribution in [-0.2, 0) is 11.3 Å². The van der Waals surface area contributed by atoms with Gasteiger partial charge in [-0.3, -0.25) is 24.3 Å². The summed E-state index contributed by atoms with van der Waals surface area (Å²) in [5, 5.41) is 13.6. The van der Waals surface area contributed by atoms with Gasteiger partial charge in [-0.1, -0.05) is 17.7 Å². The molecule has 114 valence electrons. The summed E-state index contributed by atoms with van der Waals surface area (Å²) < 4.78 is 0.968. The number of amides is 1. The summed E-state index contributed by atoms with van der Waals surface area (Å²) in [5.41, 5.74) is 0.588. The molecule has 0 unspecified atom stereocenters. The molecule has 0 aliphatic carbocycles. The van der Waals surface area contributed by atoms with E-state index in [1.807, 2.05) is 6.92 Å². The predicted molar refractivity (Wildman–Crippen MR) is 82.2 cm³/mol. The number of hydrogen-bond acceptors (Lipinski definition) is 4. The Labute approximate surface area is 130 Å². The van der Waals surface area contributed by atoms with Crippen molar-refractivity contribution >= 4 is 28.9 Å². The first kappa shape index (κ1) is 15.7. The second kappa shape index (κ2) is 6.40. The second-order valence-electron chi connectivity index (χ2n) is 4.64. The van der Waals surface area contributed by atoms with Gasteiger partial charge in [0, 0.05) is 12.1 Å². The highest BCUT2D eigenvalue weighted by molar-refractivity contribution is 6.33. The highest BCUT2D eigenvalue weighted by atomic mass is 35.5. The highest BCUT2D eigenvalue weighted by Crippen LogP contribution is 2.22. The summed E-state index contributed by atoms with van der Waals surface area (Å²) in [5.74, 6) is -0.506. The van der Waals surface area contributed by atoms with Crippen molar-refractivity contribution in [3.63, 3.8) is 0 Å². The van der Waals surface area contributed by atoms with Crippen LogP contribution >= 0.6 is 11.6 Å². The third kappa shape index (κ3) is 3.70. The molecular formula is C14H12ClN3O4. The molecule has 0 fully saturated rings. The van der Waals surface area contributed by atoms with Crippen LogP contribution in [0.15, 0.2) is 41.3 Å². The lowest BCUT2D eigenvalue weighted by molar-refractivity contribution is -0.385. The molecule has 1 aromatic heterocycles. The van der Waals surface area contributed by atoms with E-state index in [1.165, 1.54) is 0 Å². The van der Waals surface area contributed by atoms with Crippen molar-refractivity contribution in [2.24, 2.45) is 0 Å². The van der Waals surface area contributed by atoms with Crippen molar-refractivity contribution in [1.29, 1.82) is 0 Å². The minimum atomic E-state index is -0.634. The molecule has 8 heteroatoms. The van der Waals surface area contributed by atoms with Gasteiger partial charge in [0.05, 0.1) is 21.8 Å². The minimum Gasteiger partial charge on any atom is -0.323 e. The lowest BCUT2D eigenvalue weighted by Crippen LogP contribution is -2.27. The molecule has 0 aliphatic rings. The molecular weight excluding hydrogens is 310 g/mol. The summed E-state index contributed by atoms with van der Waals surface area (Å²) in [6.45, 7) is 1.52. The van der Waals surface area contributed by atoms with Gasteiger partial charge in [-0.05, 0) is 24.6 Å². The maximum Gasteiger partial charge on any atom is 0.285 e. The third-order valence-corrected chi connectivity index (χ3v) is 3.20. The van der Waals surface area contributed by atoms with Gasteiger partial charge in [-0.2, -0.15) is 0 Å². The molecule has 22 heavy (non-hydrogen) atoms. The van der Waals surface area contributed by atoms with Crippen LogP contribution in [0.25, 0.3) is 0 Å². The lowest BCUT2D eigenvalue weighted by atomic mass is 10.2. The summed E-state index contributed by atoms with van der Waals surface area (Å²) in [6, 6.07) is 7.25. The fourth-order valence-electron chi connectivity index (χ4n) is 1.82. The molecule has 1 aromatic carbocycles. The fraction of sp³-hybridized carbons (Fsp3) is 0.143. The maximum absolute atomic E-state index is 12.0. The number of nitrogens with one attached hydrogen (secondary N) is 1. The van der Waals surface area contributed by atoms with Gasteiger partial charge in [-0.25, -0.2) is 0 Å². The van der Waals surface area contributed by atoms with Gasteiger partial charge in [0.2, 0.25) is 5.91 Å². The van der Waals surface area contributed by atoms with Gasteiger partial charge in [0.15, 0.2) is 0 Å². The average Bonchev–Trinajstić information content (AvgIpc) is 2.44. The Morgan fingerprint density at radius 3 is 2.73 bits per heavy atom. The molecule has 0 saturated heterocycles. The number of carbonyl (C=O) groups excluding carboxylic acids is 1. The molecule has 1 N–H and O–H groups in total. The maximum atomic E-state index is 12.0. The number of anilines is 1. The Balaban J connectivity index is 2.17. The van der Waals surface area contributed by atoms with E-state index in [2.05, 4.69) is 5.32 Å². The zero-order valence-corrected chi connectivity index (χ0v) is 12.3. The summed E-state index contributed by atoms with van der Waals surface area (Å²) in [4.78, 5) is 33.6. The van der Waals surface area contributed by atoms with Crippen LogP contribution in [0, 0.1) is 17.0 Å². The van der Waals surface area contributed by atoms with E-state index in [4.69, 9.17) is 11.6 Å². The van der Waals surface area contributed by atoms with Gasteiger partial charge in [-0.15, -0.1) is 0 Å². The number of aryl methyl sites for hydroxylation is 1. The largest absolute Gasteiger partial charge is 0.323 e. The zero-order chi connectivity index (χ0) is 16.3. The standard InChI is InChI=1S/C14H12ClN3O4/c1-9-2-4-12(11(15)6-9)16-13(19)8-17-7-10(18(21)22)3-5-14(17)20/h2-7H,8H2,1H3,(H,16,19). The molecule has 2 rings (SSSR count). The molecule has 0 radical (unpaired) electrons. The lowest BCUT2D eigenvalue weighted by Gasteiger charge is -2.09. The Morgan fingerprint density at radius 1 is 1.36 bits per heavy atom.